The van der Waals surface area contributed by atoms with Crippen molar-refractivity contribution in [2.45, 2.75) is 96.0 Å². The summed E-state index contributed by atoms with van der Waals surface area (Å²) in [5, 5.41) is 33.1. The van der Waals surface area contributed by atoms with Gasteiger partial charge in [0.05, 0.1) is 6.61 Å². The summed E-state index contributed by atoms with van der Waals surface area (Å²) in [6, 6.07) is -1.41. The van der Waals surface area contributed by atoms with Crippen LogP contribution < -0.4 is 5.32 Å². The summed E-state index contributed by atoms with van der Waals surface area (Å²) in [5.41, 5.74) is 0. The highest BCUT2D eigenvalue weighted by Crippen LogP contribution is 2.33. The zero-order valence-electron chi connectivity index (χ0n) is 21.4. The molecule has 0 aliphatic carbocycles. The maximum absolute atomic E-state index is 12.0. The molecule has 2 heterocycles. The Hall–Kier alpha value is -2.89. The SMILES string of the molecule is CC(=O)NC1C(O[C@@H]2OC(COC(C)=O)[C@H](OC(C)=O)C(OC(C)=O)C2OC(C)=O)[C@@H](O)C(CO)O[C@@H]1O. The predicted molar refractivity (Wildman–Crippen MR) is 118 cm³/mol. The summed E-state index contributed by atoms with van der Waals surface area (Å²) in [7, 11) is 0. The van der Waals surface area contributed by atoms with Crippen molar-refractivity contribution in [2.75, 3.05) is 13.2 Å². The van der Waals surface area contributed by atoms with Gasteiger partial charge in [0.15, 0.2) is 30.9 Å². The molecule has 6 unspecified atom stereocenters. The molecule has 2 rings (SSSR count). The standard InChI is InChI=1S/C22H33NO15/c1-8(25)23-15-18(16(30)13(6-24)36-21(15)31)38-22-20(35-12(5)29)19(34-11(4)28)17(33-10(3)27)14(37-22)7-32-9(2)26/h13-22,24,30-31H,6-7H2,1-5H3,(H,23,25)/t13?,14?,15?,16-,17-,18?,19?,20?,21-,22-/m0/s1. The molecule has 0 aromatic rings. The average molecular weight is 551 g/mol. The third-order valence-electron chi connectivity index (χ3n) is 5.48. The van der Waals surface area contributed by atoms with E-state index >= 15 is 0 Å². The second kappa shape index (κ2) is 13.8. The van der Waals surface area contributed by atoms with E-state index in [9.17, 15) is 39.3 Å². The Labute approximate surface area is 217 Å². The number of ether oxygens (including phenoxy) is 7. The molecule has 0 radical (unpaired) electrons. The Bertz CT molecular complexity index is 881. The summed E-state index contributed by atoms with van der Waals surface area (Å²) in [5.74, 6) is -3.94. The molecule has 16 heteroatoms. The molecular weight excluding hydrogens is 518 g/mol. The number of aliphatic hydroxyl groups excluding tert-OH is 3. The van der Waals surface area contributed by atoms with Crippen LogP contribution in [0.5, 0.6) is 0 Å². The number of esters is 4. The molecule has 4 N–H and O–H groups in total. The zero-order chi connectivity index (χ0) is 28.7. The lowest BCUT2D eigenvalue weighted by atomic mass is 9.95. The summed E-state index contributed by atoms with van der Waals surface area (Å²) in [6.45, 7) is 4.10. The van der Waals surface area contributed by atoms with Crippen molar-refractivity contribution in [1.82, 2.24) is 5.32 Å². The molecule has 216 valence electrons. The van der Waals surface area contributed by atoms with Gasteiger partial charge in [0.2, 0.25) is 5.91 Å². The largest absolute Gasteiger partial charge is 0.463 e. The Balaban J connectivity index is 2.54. The maximum atomic E-state index is 12.0. The first-order chi connectivity index (χ1) is 17.7. The number of amides is 1. The number of carbonyl (C=O) groups excluding carboxylic acids is 5. The van der Waals surface area contributed by atoms with Gasteiger partial charge in [0.25, 0.3) is 0 Å². The highest BCUT2D eigenvalue weighted by molar-refractivity contribution is 5.73. The van der Waals surface area contributed by atoms with Gasteiger partial charge in [-0.2, -0.15) is 0 Å². The fourth-order valence-electron chi connectivity index (χ4n) is 4.09. The number of rotatable bonds is 9. The van der Waals surface area contributed by atoms with Crippen molar-refractivity contribution in [1.29, 1.82) is 0 Å². The molecule has 0 saturated carbocycles. The third kappa shape index (κ3) is 8.31. The second-order valence-electron chi connectivity index (χ2n) is 8.63. The highest BCUT2D eigenvalue weighted by atomic mass is 16.7. The number of carbonyl (C=O) groups is 5. The van der Waals surface area contributed by atoms with Crippen LogP contribution in [0.2, 0.25) is 0 Å². The van der Waals surface area contributed by atoms with E-state index < -0.39 is 104 Å². The van der Waals surface area contributed by atoms with E-state index in [4.69, 9.17) is 33.2 Å². The number of aliphatic hydroxyl groups is 3. The summed E-state index contributed by atoms with van der Waals surface area (Å²) < 4.78 is 37.7. The number of hydrogen-bond donors (Lipinski definition) is 4. The van der Waals surface area contributed by atoms with Crippen LogP contribution in [-0.4, -0.2) is 120 Å². The van der Waals surface area contributed by atoms with Crippen LogP contribution >= 0.6 is 0 Å². The van der Waals surface area contributed by atoms with E-state index in [2.05, 4.69) is 5.32 Å². The quantitative estimate of drug-likeness (QED) is 0.166. The van der Waals surface area contributed by atoms with E-state index in [1.54, 1.807) is 0 Å². The van der Waals surface area contributed by atoms with Gasteiger partial charge >= 0.3 is 23.9 Å². The molecule has 0 bridgehead atoms. The van der Waals surface area contributed by atoms with Gasteiger partial charge in [-0.1, -0.05) is 0 Å². The van der Waals surface area contributed by atoms with Gasteiger partial charge in [-0.25, -0.2) is 0 Å². The lowest BCUT2D eigenvalue weighted by Crippen LogP contribution is -2.68. The van der Waals surface area contributed by atoms with Gasteiger partial charge in [0.1, 0.15) is 37.1 Å². The highest BCUT2D eigenvalue weighted by Gasteiger charge is 2.55. The summed E-state index contributed by atoms with van der Waals surface area (Å²) in [6.07, 6.45) is -14.0. The Morgan fingerprint density at radius 3 is 1.79 bits per heavy atom. The zero-order valence-corrected chi connectivity index (χ0v) is 21.4. The lowest BCUT2D eigenvalue weighted by Gasteiger charge is -2.48. The second-order valence-corrected chi connectivity index (χ2v) is 8.63. The van der Waals surface area contributed by atoms with E-state index in [-0.39, 0.29) is 0 Å². The van der Waals surface area contributed by atoms with Gasteiger partial charge < -0.3 is 53.8 Å². The molecule has 2 saturated heterocycles. The average Bonchev–Trinajstić information content (AvgIpc) is 2.79. The van der Waals surface area contributed by atoms with Crippen LogP contribution in [0, 0.1) is 0 Å². The van der Waals surface area contributed by atoms with Gasteiger partial charge in [-0.3, -0.25) is 24.0 Å². The van der Waals surface area contributed by atoms with Crippen molar-refractivity contribution in [3.8, 4) is 0 Å². The van der Waals surface area contributed by atoms with Crippen molar-refractivity contribution >= 4 is 29.8 Å². The van der Waals surface area contributed by atoms with Gasteiger partial charge in [-0.05, 0) is 0 Å². The smallest absolute Gasteiger partial charge is 0.303 e. The third-order valence-corrected chi connectivity index (χ3v) is 5.48. The summed E-state index contributed by atoms with van der Waals surface area (Å²) >= 11 is 0. The monoisotopic (exact) mass is 551 g/mol. The first-order valence-corrected chi connectivity index (χ1v) is 11.6. The van der Waals surface area contributed by atoms with Crippen molar-refractivity contribution in [2.24, 2.45) is 0 Å². The minimum absolute atomic E-state index is 0.523. The number of nitrogens with one attached hydrogen (secondary N) is 1. The Kier molecular flexibility index (Phi) is 11.4. The Morgan fingerprint density at radius 2 is 1.29 bits per heavy atom. The van der Waals surface area contributed by atoms with Gasteiger partial charge in [0, 0.05) is 34.6 Å². The van der Waals surface area contributed by atoms with E-state index in [1.165, 1.54) is 0 Å². The van der Waals surface area contributed by atoms with Crippen LogP contribution in [0.15, 0.2) is 0 Å². The fraction of sp³-hybridized carbons (Fsp3) is 0.773. The molecular formula is C22H33NO15. The molecule has 0 spiro atoms. The Morgan fingerprint density at radius 1 is 0.737 bits per heavy atom. The van der Waals surface area contributed by atoms with Crippen molar-refractivity contribution in [3.63, 3.8) is 0 Å². The van der Waals surface area contributed by atoms with E-state index in [0.717, 1.165) is 34.6 Å². The molecule has 10 atom stereocenters. The van der Waals surface area contributed by atoms with E-state index in [1.807, 2.05) is 0 Å². The minimum atomic E-state index is -1.75. The maximum Gasteiger partial charge on any atom is 0.303 e. The first-order valence-electron chi connectivity index (χ1n) is 11.6. The summed E-state index contributed by atoms with van der Waals surface area (Å²) in [4.78, 5) is 59.0. The van der Waals surface area contributed by atoms with Crippen LogP contribution in [0.25, 0.3) is 0 Å². The van der Waals surface area contributed by atoms with Crippen molar-refractivity contribution < 1.29 is 72.5 Å². The topological polar surface area (TPSA) is 223 Å². The van der Waals surface area contributed by atoms with Crippen LogP contribution in [-0.2, 0) is 57.1 Å². The normalized spacial score (nSPS) is 34.9. The molecule has 2 fully saturated rings. The van der Waals surface area contributed by atoms with Crippen LogP contribution in [0.4, 0.5) is 0 Å². The molecule has 0 aromatic heterocycles. The lowest BCUT2D eigenvalue weighted by molar-refractivity contribution is -0.343. The molecule has 2 aliphatic heterocycles. The van der Waals surface area contributed by atoms with Crippen LogP contribution in [0.1, 0.15) is 34.6 Å². The first kappa shape index (κ1) is 31.3. The van der Waals surface area contributed by atoms with Crippen molar-refractivity contribution in [3.05, 3.63) is 0 Å². The molecule has 0 aromatic carbocycles. The van der Waals surface area contributed by atoms with Gasteiger partial charge in [-0.15, -0.1) is 0 Å². The minimum Gasteiger partial charge on any atom is -0.463 e. The molecule has 1 amide bonds. The van der Waals surface area contributed by atoms with Crippen LogP contribution in [0.3, 0.4) is 0 Å². The molecule has 16 nitrogen and oxygen atoms in total. The molecule has 38 heavy (non-hydrogen) atoms. The fourth-order valence-corrected chi connectivity index (χ4v) is 4.09. The molecule has 2 aliphatic rings. The predicted octanol–water partition coefficient (Wildman–Crippen LogP) is -2.97. The number of hydrogen-bond acceptors (Lipinski definition) is 15. The van der Waals surface area contributed by atoms with E-state index in [0.29, 0.717) is 0 Å².